The average Bonchev–Trinajstić information content (AvgIpc) is 2.36. The third-order valence-corrected chi connectivity index (χ3v) is 3.03. The fraction of sp³-hybridized carbons (Fsp3) is 0.833. The van der Waals surface area contributed by atoms with E-state index in [9.17, 15) is 9.59 Å². The number of rotatable bonds is 5. The molecule has 0 bridgehead atoms. The Balaban J connectivity index is 2.50. The van der Waals surface area contributed by atoms with Gasteiger partial charge in [0, 0.05) is 12.6 Å². The van der Waals surface area contributed by atoms with Crippen molar-refractivity contribution in [3.8, 4) is 0 Å². The van der Waals surface area contributed by atoms with Gasteiger partial charge in [0.2, 0.25) is 0 Å². The normalized spacial score (nSPS) is 21.4. The third kappa shape index (κ3) is 4.18. The maximum Gasteiger partial charge on any atom is 0.328 e. The van der Waals surface area contributed by atoms with Crippen molar-refractivity contribution in [3.05, 3.63) is 0 Å². The highest BCUT2D eigenvalue weighted by Gasteiger charge is 2.33. The molecule has 1 heterocycles. The van der Waals surface area contributed by atoms with E-state index in [0.717, 1.165) is 19.3 Å². The number of hydrogen-bond donors (Lipinski definition) is 2. The Kier molecular flexibility index (Phi) is 5.91. The predicted molar refractivity (Wildman–Crippen MR) is 66.5 cm³/mol. The molecule has 0 saturated carbocycles. The molecule has 6 heteroatoms. The van der Waals surface area contributed by atoms with Crippen molar-refractivity contribution in [2.75, 3.05) is 19.8 Å². The van der Waals surface area contributed by atoms with Gasteiger partial charge in [-0.05, 0) is 13.3 Å². The van der Waals surface area contributed by atoms with E-state index in [-0.39, 0.29) is 18.7 Å². The van der Waals surface area contributed by atoms with Crippen molar-refractivity contribution in [1.82, 2.24) is 10.2 Å². The maximum absolute atomic E-state index is 12.0. The molecule has 0 spiro atoms. The summed E-state index contributed by atoms with van der Waals surface area (Å²) in [5, 5.41) is 11.9. The van der Waals surface area contributed by atoms with E-state index >= 15 is 0 Å². The van der Waals surface area contributed by atoms with Crippen molar-refractivity contribution in [2.24, 2.45) is 0 Å². The molecule has 18 heavy (non-hydrogen) atoms. The number of amides is 2. The molecule has 0 radical (unpaired) electrons. The lowest BCUT2D eigenvalue weighted by Crippen LogP contribution is -2.56. The van der Waals surface area contributed by atoms with Crippen LogP contribution in [0.2, 0.25) is 0 Å². The summed E-state index contributed by atoms with van der Waals surface area (Å²) in [5.41, 5.74) is 0. The Hall–Kier alpha value is -1.30. The summed E-state index contributed by atoms with van der Waals surface area (Å²) in [6.07, 6.45) is 3.03. The first-order chi connectivity index (χ1) is 8.56. The molecule has 1 saturated heterocycles. The van der Waals surface area contributed by atoms with Crippen molar-refractivity contribution in [2.45, 2.75) is 45.2 Å². The first kappa shape index (κ1) is 14.8. The summed E-state index contributed by atoms with van der Waals surface area (Å²) in [6.45, 7) is 4.80. The van der Waals surface area contributed by atoms with Crippen LogP contribution in [0, 0.1) is 0 Å². The Morgan fingerprint density at radius 2 is 2.28 bits per heavy atom. The molecule has 0 aliphatic carbocycles. The Morgan fingerprint density at radius 3 is 2.89 bits per heavy atom. The molecule has 2 atom stereocenters. The quantitative estimate of drug-likeness (QED) is 0.773. The van der Waals surface area contributed by atoms with E-state index in [1.54, 1.807) is 0 Å². The van der Waals surface area contributed by atoms with Crippen LogP contribution in [0.3, 0.4) is 0 Å². The molecule has 0 aromatic carbocycles. The summed E-state index contributed by atoms with van der Waals surface area (Å²) < 4.78 is 5.09. The molecular formula is C12H22N2O4. The van der Waals surface area contributed by atoms with Crippen LogP contribution in [0.5, 0.6) is 0 Å². The van der Waals surface area contributed by atoms with Crippen molar-refractivity contribution < 1.29 is 19.4 Å². The molecule has 104 valence electrons. The molecule has 2 unspecified atom stereocenters. The lowest BCUT2D eigenvalue weighted by molar-refractivity contribution is -0.147. The standard InChI is InChI=1S/C12H22N2O4/c1-3-4-5-9(2)13-12(17)14-6-7-18-8-10(14)11(15)16/h9-10H,3-8H2,1-2H3,(H,13,17)(H,15,16). The van der Waals surface area contributed by atoms with Gasteiger partial charge in [0.15, 0.2) is 6.04 Å². The average molecular weight is 258 g/mol. The van der Waals surface area contributed by atoms with Crippen LogP contribution >= 0.6 is 0 Å². The number of ether oxygens (including phenoxy) is 1. The zero-order chi connectivity index (χ0) is 13.5. The maximum atomic E-state index is 12.0. The number of urea groups is 1. The number of hydrogen-bond acceptors (Lipinski definition) is 3. The number of nitrogens with one attached hydrogen (secondary N) is 1. The van der Waals surface area contributed by atoms with Gasteiger partial charge in [0.1, 0.15) is 0 Å². The zero-order valence-electron chi connectivity index (χ0n) is 11.0. The highest BCUT2D eigenvalue weighted by atomic mass is 16.5. The van der Waals surface area contributed by atoms with E-state index in [2.05, 4.69) is 12.2 Å². The van der Waals surface area contributed by atoms with Gasteiger partial charge in [-0.15, -0.1) is 0 Å². The van der Waals surface area contributed by atoms with E-state index in [0.29, 0.717) is 13.2 Å². The summed E-state index contributed by atoms with van der Waals surface area (Å²) in [4.78, 5) is 24.3. The molecule has 1 fully saturated rings. The van der Waals surface area contributed by atoms with Gasteiger partial charge < -0.3 is 20.1 Å². The van der Waals surface area contributed by atoms with Gasteiger partial charge >= 0.3 is 12.0 Å². The highest BCUT2D eigenvalue weighted by molar-refractivity contribution is 5.83. The second-order valence-electron chi connectivity index (χ2n) is 4.62. The molecule has 1 aliphatic rings. The highest BCUT2D eigenvalue weighted by Crippen LogP contribution is 2.08. The minimum absolute atomic E-state index is 0.0616. The van der Waals surface area contributed by atoms with Gasteiger partial charge in [-0.3, -0.25) is 0 Å². The lowest BCUT2D eigenvalue weighted by atomic mass is 10.1. The van der Waals surface area contributed by atoms with Gasteiger partial charge in [-0.25, -0.2) is 9.59 Å². The van der Waals surface area contributed by atoms with Crippen LogP contribution in [0.15, 0.2) is 0 Å². The second-order valence-corrected chi connectivity index (χ2v) is 4.62. The summed E-state index contributed by atoms with van der Waals surface area (Å²) in [5.74, 6) is -1.02. The fourth-order valence-corrected chi connectivity index (χ4v) is 1.93. The molecule has 1 rings (SSSR count). The number of carboxylic acid groups (broad SMARTS) is 1. The van der Waals surface area contributed by atoms with Crippen molar-refractivity contribution in [1.29, 1.82) is 0 Å². The van der Waals surface area contributed by atoms with Crippen LogP contribution in [-0.4, -0.2) is 53.8 Å². The zero-order valence-corrected chi connectivity index (χ0v) is 11.0. The lowest BCUT2D eigenvalue weighted by Gasteiger charge is -2.33. The Morgan fingerprint density at radius 1 is 1.56 bits per heavy atom. The van der Waals surface area contributed by atoms with Gasteiger partial charge in [0.25, 0.3) is 0 Å². The van der Waals surface area contributed by atoms with Crippen molar-refractivity contribution in [3.63, 3.8) is 0 Å². The van der Waals surface area contributed by atoms with Gasteiger partial charge in [-0.2, -0.15) is 0 Å². The fourth-order valence-electron chi connectivity index (χ4n) is 1.93. The topological polar surface area (TPSA) is 78.9 Å². The SMILES string of the molecule is CCCCC(C)NC(=O)N1CCOCC1C(=O)O. The monoisotopic (exact) mass is 258 g/mol. The van der Waals surface area contributed by atoms with Crippen LogP contribution < -0.4 is 5.32 Å². The number of morpholine rings is 1. The van der Waals surface area contributed by atoms with E-state index in [4.69, 9.17) is 9.84 Å². The van der Waals surface area contributed by atoms with E-state index in [1.165, 1.54) is 4.90 Å². The second kappa shape index (κ2) is 7.20. The van der Waals surface area contributed by atoms with E-state index < -0.39 is 12.0 Å². The van der Waals surface area contributed by atoms with E-state index in [1.807, 2.05) is 6.92 Å². The summed E-state index contributed by atoms with van der Waals surface area (Å²) in [7, 11) is 0. The summed E-state index contributed by atoms with van der Waals surface area (Å²) in [6, 6.07) is -1.12. The van der Waals surface area contributed by atoms with Gasteiger partial charge in [-0.1, -0.05) is 19.8 Å². The Labute approximate surface area is 107 Å². The molecule has 2 N–H and O–H groups in total. The number of carboxylic acids is 1. The number of aliphatic carboxylic acids is 1. The van der Waals surface area contributed by atoms with Crippen LogP contribution in [0.25, 0.3) is 0 Å². The summed E-state index contributed by atoms with van der Waals surface area (Å²) >= 11 is 0. The minimum atomic E-state index is -1.02. The Bertz CT molecular complexity index is 296. The molecule has 2 amide bonds. The molecule has 0 aromatic heterocycles. The number of carbonyl (C=O) groups is 2. The molecule has 0 aromatic rings. The minimum Gasteiger partial charge on any atom is -0.480 e. The number of nitrogens with zero attached hydrogens (tertiary/aromatic N) is 1. The molecule has 6 nitrogen and oxygen atoms in total. The van der Waals surface area contributed by atoms with Gasteiger partial charge in [0.05, 0.1) is 13.2 Å². The molecule has 1 aliphatic heterocycles. The van der Waals surface area contributed by atoms with Crippen molar-refractivity contribution >= 4 is 12.0 Å². The third-order valence-electron chi connectivity index (χ3n) is 3.03. The molecular weight excluding hydrogens is 236 g/mol. The largest absolute Gasteiger partial charge is 0.480 e. The van der Waals surface area contributed by atoms with Crippen LogP contribution in [-0.2, 0) is 9.53 Å². The first-order valence-corrected chi connectivity index (χ1v) is 6.44. The predicted octanol–water partition coefficient (Wildman–Crippen LogP) is 1.06. The number of unbranched alkanes of at least 4 members (excludes halogenated alkanes) is 1. The van der Waals surface area contributed by atoms with Crippen LogP contribution in [0.1, 0.15) is 33.1 Å². The first-order valence-electron chi connectivity index (χ1n) is 6.44. The number of carbonyl (C=O) groups excluding carboxylic acids is 1. The van der Waals surface area contributed by atoms with Crippen LogP contribution in [0.4, 0.5) is 4.79 Å². The smallest absolute Gasteiger partial charge is 0.328 e.